The van der Waals surface area contributed by atoms with Gasteiger partial charge in [-0.2, -0.15) is 0 Å². The maximum atomic E-state index is 6.85. The molecule has 0 aliphatic carbocycles. The van der Waals surface area contributed by atoms with E-state index >= 15 is 0 Å². The highest BCUT2D eigenvalue weighted by molar-refractivity contribution is 7.00. The van der Waals surface area contributed by atoms with Crippen molar-refractivity contribution in [2.24, 2.45) is 0 Å². The number of fused-ring (bicyclic) bond motifs is 8. The monoisotopic (exact) mass is 701 g/mol. The first kappa shape index (κ1) is 30.8. The van der Waals surface area contributed by atoms with Gasteiger partial charge in [0, 0.05) is 75.2 Å². The van der Waals surface area contributed by atoms with E-state index in [0.717, 1.165) is 62.7 Å². The maximum Gasteiger partial charge on any atom is 0.252 e. The fourth-order valence-corrected chi connectivity index (χ4v) is 9.08. The number of nitrogens with zero attached hydrogens (tertiary/aromatic N) is 5. The van der Waals surface area contributed by atoms with Crippen LogP contribution in [0.2, 0.25) is 0 Å². The molecule has 0 amide bonds. The van der Waals surface area contributed by atoms with Crippen LogP contribution in [-0.2, 0) is 0 Å². The van der Waals surface area contributed by atoms with Gasteiger partial charge in [0.25, 0.3) is 6.71 Å². The summed E-state index contributed by atoms with van der Waals surface area (Å²) < 4.78 is 13.7. The Morgan fingerprint density at radius 2 is 0.722 bits per heavy atom. The Balaban J connectivity index is 1.00. The van der Waals surface area contributed by atoms with E-state index in [1.807, 2.05) is 24.3 Å². The van der Waals surface area contributed by atoms with Crippen molar-refractivity contribution in [3.63, 3.8) is 0 Å². The molecule has 8 heteroatoms. The lowest BCUT2D eigenvalue weighted by atomic mass is 9.33. The quantitative estimate of drug-likeness (QED) is 0.169. The van der Waals surface area contributed by atoms with Gasteiger partial charge >= 0.3 is 0 Å². The maximum absolute atomic E-state index is 6.85. The highest BCUT2D eigenvalue weighted by atomic mass is 16.5. The third kappa shape index (κ3) is 4.25. The highest BCUT2D eigenvalue weighted by Crippen LogP contribution is 2.61. The molecule has 0 unspecified atom stereocenters. The van der Waals surface area contributed by atoms with Crippen LogP contribution in [0.3, 0.4) is 0 Å². The molecule has 0 spiro atoms. The van der Waals surface area contributed by atoms with Crippen LogP contribution in [0.5, 0.6) is 23.0 Å². The Kier molecular flexibility index (Phi) is 6.47. The average molecular weight is 702 g/mol. The van der Waals surface area contributed by atoms with E-state index in [0.29, 0.717) is 11.5 Å². The molecular formula is C46H36BN5O2. The van der Waals surface area contributed by atoms with Gasteiger partial charge in [-0.15, -0.1) is 0 Å². The Morgan fingerprint density at radius 1 is 0.370 bits per heavy atom. The van der Waals surface area contributed by atoms with Crippen molar-refractivity contribution in [2.45, 2.75) is 0 Å². The summed E-state index contributed by atoms with van der Waals surface area (Å²) >= 11 is 0. The van der Waals surface area contributed by atoms with Gasteiger partial charge in [-0.25, -0.2) is 0 Å². The molecule has 0 fully saturated rings. The molecule has 54 heavy (non-hydrogen) atoms. The number of hydrogen-bond donors (Lipinski definition) is 0. The minimum Gasteiger partial charge on any atom is -0.453 e. The van der Waals surface area contributed by atoms with Gasteiger partial charge in [0.1, 0.15) is 11.5 Å². The lowest BCUT2D eigenvalue weighted by Crippen LogP contribution is -2.61. The summed E-state index contributed by atoms with van der Waals surface area (Å²) in [5, 5.41) is 0. The van der Waals surface area contributed by atoms with Gasteiger partial charge < -0.3 is 34.0 Å². The first-order valence-electron chi connectivity index (χ1n) is 18.4. The number of anilines is 11. The number of rotatable bonds is 4. The van der Waals surface area contributed by atoms with Gasteiger partial charge in [-0.05, 0) is 64.9 Å². The van der Waals surface area contributed by atoms with Crippen molar-refractivity contribution in [3.8, 4) is 23.0 Å². The van der Waals surface area contributed by atoms with E-state index in [4.69, 9.17) is 9.47 Å². The predicted octanol–water partition coefficient (Wildman–Crippen LogP) is 9.58. The van der Waals surface area contributed by atoms with Crippen molar-refractivity contribution in [2.75, 3.05) is 52.7 Å². The lowest BCUT2D eigenvalue weighted by molar-refractivity contribution is 0.419. The van der Waals surface area contributed by atoms with E-state index < -0.39 is 0 Å². The molecule has 260 valence electrons. The Bertz CT molecular complexity index is 2360. The highest BCUT2D eigenvalue weighted by Gasteiger charge is 2.41. The summed E-state index contributed by atoms with van der Waals surface area (Å²) in [6.45, 7) is 0.135. The van der Waals surface area contributed by atoms with Crippen LogP contribution in [0.1, 0.15) is 0 Å². The van der Waals surface area contributed by atoms with Crippen LogP contribution >= 0.6 is 0 Å². The van der Waals surface area contributed by atoms with E-state index in [1.54, 1.807) is 0 Å². The van der Waals surface area contributed by atoms with Crippen molar-refractivity contribution in [3.05, 3.63) is 146 Å². The molecule has 4 heterocycles. The van der Waals surface area contributed by atoms with E-state index in [9.17, 15) is 0 Å². The number of hydrogen-bond acceptors (Lipinski definition) is 7. The third-order valence-corrected chi connectivity index (χ3v) is 11.6. The second-order valence-electron chi connectivity index (χ2n) is 14.4. The Labute approximate surface area is 315 Å². The van der Waals surface area contributed by atoms with Crippen LogP contribution in [0.25, 0.3) is 0 Å². The van der Waals surface area contributed by atoms with Crippen LogP contribution in [-0.4, -0.2) is 34.9 Å². The topological polar surface area (TPSA) is 34.7 Å². The Hall–Kier alpha value is -6.80. The predicted molar refractivity (Wildman–Crippen MR) is 224 cm³/mol. The van der Waals surface area contributed by atoms with Gasteiger partial charge in [0.05, 0.1) is 39.8 Å². The summed E-state index contributed by atoms with van der Waals surface area (Å²) in [4.78, 5) is 11.5. The molecule has 0 aromatic heterocycles. The molecule has 0 atom stereocenters. The zero-order valence-corrected chi connectivity index (χ0v) is 30.5. The molecule has 7 aromatic carbocycles. The average Bonchev–Trinajstić information content (AvgIpc) is 3.21. The van der Waals surface area contributed by atoms with Gasteiger partial charge in [0.2, 0.25) is 0 Å². The first-order valence-corrected chi connectivity index (χ1v) is 18.4. The van der Waals surface area contributed by atoms with Crippen LogP contribution in [0.15, 0.2) is 146 Å². The summed E-state index contributed by atoms with van der Waals surface area (Å²) in [6, 6.07) is 51.2. The van der Waals surface area contributed by atoms with Crippen molar-refractivity contribution in [1.82, 2.24) is 0 Å². The summed E-state index contributed by atoms with van der Waals surface area (Å²) in [6.07, 6.45) is 0. The molecular weight excluding hydrogens is 665 g/mol. The molecule has 4 aliphatic rings. The van der Waals surface area contributed by atoms with Crippen molar-refractivity contribution >= 4 is 85.7 Å². The standard InChI is InChI=1S/C46H36BN5O2/c1-48-33-17-7-5-15-31(33)47-32-16-6-8-18-34(32)49(2)40-26-29(25-39(48)45(40)47)53-43-23-13-14-24-44(43)54-30-27-41-46-42(28-30)51(4)36-20-10-12-22-38(36)52(46)37-21-11-9-19-35(37)50(41)3/h5-28H,1-4H3. The van der Waals surface area contributed by atoms with Gasteiger partial charge in [-0.1, -0.05) is 72.8 Å². The largest absolute Gasteiger partial charge is 0.453 e. The summed E-state index contributed by atoms with van der Waals surface area (Å²) in [5.74, 6) is 2.76. The second-order valence-corrected chi connectivity index (χ2v) is 14.4. The minimum absolute atomic E-state index is 0.135. The fraction of sp³-hybridized carbons (Fsp3) is 0.0870. The summed E-state index contributed by atoms with van der Waals surface area (Å²) in [7, 11) is 8.57. The molecule has 0 saturated heterocycles. The number of ether oxygens (including phenoxy) is 2. The van der Waals surface area contributed by atoms with Crippen LogP contribution < -0.4 is 50.4 Å². The van der Waals surface area contributed by atoms with Crippen molar-refractivity contribution in [1.29, 1.82) is 0 Å². The van der Waals surface area contributed by atoms with Crippen molar-refractivity contribution < 1.29 is 9.47 Å². The SMILES string of the molecule is CN1c2ccccc2B2c3ccccc3N(C)c3cc(Oc4ccccc4Oc4cc5c6c(c4)N(C)c4ccccc4N6c4ccccc4N5C)cc1c32. The zero-order valence-electron chi connectivity index (χ0n) is 30.5. The van der Waals surface area contributed by atoms with Crippen LogP contribution in [0.4, 0.5) is 62.6 Å². The van der Waals surface area contributed by atoms with Crippen LogP contribution in [0, 0.1) is 0 Å². The normalized spacial score (nSPS) is 14.1. The van der Waals surface area contributed by atoms with Gasteiger partial charge in [0.15, 0.2) is 11.5 Å². The summed E-state index contributed by atoms with van der Waals surface area (Å²) in [5.41, 5.74) is 16.4. The first-order chi connectivity index (χ1) is 26.5. The third-order valence-electron chi connectivity index (χ3n) is 11.6. The molecule has 0 bridgehead atoms. The number of para-hydroxylation sites is 8. The molecule has 0 saturated carbocycles. The smallest absolute Gasteiger partial charge is 0.252 e. The number of benzene rings is 7. The van der Waals surface area contributed by atoms with E-state index in [1.165, 1.54) is 27.8 Å². The van der Waals surface area contributed by atoms with E-state index in [-0.39, 0.29) is 6.71 Å². The molecule has 7 aromatic rings. The fourth-order valence-electron chi connectivity index (χ4n) is 9.08. The molecule has 0 N–H and O–H groups in total. The molecule has 11 rings (SSSR count). The lowest BCUT2D eigenvalue weighted by Gasteiger charge is -2.45. The Morgan fingerprint density at radius 3 is 1.19 bits per heavy atom. The molecule has 0 radical (unpaired) electrons. The molecule has 7 nitrogen and oxygen atoms in total. The zero-order chi connectivity index (χ0) is 36.2. The van der Waals surface area contributed by atoms with E-state index in [2.05, 4.69) is 174 Å². The second kappa shape index (κ2) is 11.4. The van der Waals surface area contributed by atoms with Gasteiger partial charge in [-0.3, -0.25) is 0 Å². The molecule has 4 aliphatic heterocycles. The minimum atomic E-state index is 0.135.